The van der Waals surface area contributed by atoms with Crippen LogP contribution in [0.5, 0.6) is 0 Å². The van der Waals surface area contributed by atoms with E-state index in [-0.39, 0.29) is 5.97 Å². The van der Waals surface area contributed by atoms with Crippen LogP contribution in [0.3, 0.4) is 0 Å². The maximum atomic E-state index is 11.3. The van der Waals surface area contributed by atoms with Gasteiger partial charge in [0.1, 0.15) is 0 Å². The number of ether oxygens (including phenoxy) is 1. The Morgan fingerprint density at radius 3 is 2.78 bits per heavy atom. The van der Waals surface area contributed by atoms with E-state index in [0.29, 0.717) is 11.6 Å². The zero-order valence-electron chi connectivity index (χ0n) is 10.8. The van der Waals surface area contributed by atoms with Crippen molar-refractivity contribution in [3.63, 3.8) is 0 Å². The van der Waals surface area contributed by atoms with Gasteiger partial charge in [-0.2, -0.15) is 0 Å². The summed E-state index contributed by atoms with van der Waals surface area (Å²) in [6.45, 7) is 0.770. The average molecular weight is 248 g/mol. The molecule has 0 atom stereocenters. The van der Waals surface area contributed by atoms with Gasteiger partial charge in [-0.15, -0.1) is 0 Å². The molecule has 0 bridgehead atoms. The van der Waals surface area contributed by atoms with Crippen LogP contribution in [-0.2, 0) is 11.3 Å². The van der Waals surface area contributed by atoms with Gasteiger partial charge in [0.25, 0.3) is 0 Å². The van der Waals surface area contributed by atoms with Crippen molar-refractivity contribution in [3.05, 3.63) is 29.6 Å². The number of carbonyl (C=O) groups is 1. The van der Waals surface area contributed by atoms with Crippen LogP contribution in [0.2, 0.25) is 0 Å². The van der Waals surface area contributed by atoms with Gasteiger partial charge in [0.2, 0.25) is 0 Å². The van der Waals surface area contributed by atoms with E-state index in [9.17, 15) is 4.79 Å². The van der Waals surface area contributed by atoms with Crippen molar-refractivity contribution in [3.8, 4) is 0 Å². The molecule has 0 unspecified atom stereocenters. The highest BCUT2D eigenvalue weighted by Crippen LogP contribution is 2.17. The molecule has 1 heterocycles. The SMILES string of the molecule is COC(=O)c1ccc(CNC2CCCCC2)nc1. The predicted octanol–water partition coefficient (Wildman–Crippen LogP) is 2.29. The molecule has 98 valence electrons. The van der Waals surface area contributed by atoms with Crippen LogP contribution in [0, 0.1) is 0 Å². The molecule has 0 saturated heterocycles. The van der Waals surface area contributed by atoms with Crippen LogP contribution in [0.4, 0.5) is 0 Å². The quantitative estimate of drug-likeness (QED) is 0.831. The lowest BCUT2D eigenvalue weighted by molar-refractivity contribution is 0.0600. The first-order chi connectivity index (χ1) is 8.79. The second-order valence-corrected chi connectivity index (χ2v) is 4.75. The topological polar surface area (TPSA) is 51.2 Å². The van der Waals surface area contributed by atoms with E-state index in [1.54, 1.807) is 12.3 Å². The van der Waals surface area contributed by atoms with Gasteiger partial charge in [0, 0.05) is 18.8 Å². The summed E-state index contributed by atoms with van der Waals surface area (Å²) in [5.74, 6) is -0.339. The Morgan fingerprint density at radius 1 is 1.39 bits per heavy atom. The number of hydrogen-bond acceptors (Lipinski definition) is 4. The molecular formula is C14H20N2O2. The lowest BCUT2D eigenvalue weighted by atomic mass is 9.95. The molecule has 2 rings (SSSR count). The van der Waals surface area contributed by atoms with Crippen LogP contribution in [-0.4, -0.2) is 24.1 Å². The van der Waals surface area contributed by atoms with E-state index in [1.807, 2.05) is 6.07 Å². The molecule has 1 fully saturated rings. The summed E-state index contributed by atoms with van der Waals surface area (Å²) >= 11 is 0. The molecule has 1 N–H and O–H groups in total. The summed E-state index contributed by atoms with van der Waals surface area (Å²) in [6, 6.07) is 4.26. The lowest BCUT2D eigenvalue weighted by Gasteiger charge is -2.22. The summed E-state index contributed by atoms with van der Waals surface area (Å²) in [7, 11) is 1.38. The number of carbonyl (C=O) groups excluding carboxylic acids is 1. The van der Waals surface area contributed by atoms with Crippen LogP contribution in [0.1, 0.15) is 48.2 Å². The number of pyridine rings is 1. The van der Waals surface area contributed by atoms with Crippen molar-refractivity contribution in [2.45, 2.75) is 44.7 Å². The zero-order chi connectivity index (χ0) is 12.8. The number of hydrogen-bond donors (Lipinski definition) is 1. The zero-order valence-corrected chi connectivity index (χ0v) is 10.8. The van der Waals surface area contributed by atoms with Gasteiger partial charge in [0.05, 0.1) is 18.4 Å². The minimum Gasteiger partial charge on any atom is -0.465 e. The number of aromatic nitrogens is 1. The Hall–Kier alpha value is -1.42. The second kappa shape index (κ2) is 6.50. The summed E-state index contributed by atoms with van der Waals surface area (Å²) in [5, 5.41) is 3.52. The minimum absolute atomic E-state index is 0.339. The first-order valence-corrected chi connectivity index (χ1v) is 6.56. The molecule has 0 spiro atoms. The second-order valence-electron chi connectivity index (χ2n) is 4.75. The smallest absolute Gasteiger partial charge is 0.339 e. The van der Waals surface area contributed by atoms with Crippen LogP contribution >= 0.6 is 0 Å². The van der Waals surface area contributed by atoms with Gasteiger partial charge in [-0.1, -0.05) is 19.3 Å². The molecule has 0 amide bonds. The Kier molecular flexibility index (Phi) is 4.70. The third-order valence-electron chi connectivity index (χ3n) is 3.42. The monoisotopic (exact) mass is 248 g/mol. The van der Waals surface area contributed by atoms with E-state index in [4.69, 9.17) is 0 Å². The van der Waals surface area contributed by atoms with E-state index in [2.05, 4.69) is 15.0 Å². The normalized spacial score (nSPS) is 16.5. The summed E-state index contributed by atoms with van der Waals surface area (Å²) in [5.41, 5.74) is 1.46. The maximum absolute atomic E-state index is 11.3. The highest BCUT2D eigenvalue weighted by molar-refractivity contribution is 5.88. The third kappa shape index (κ3) is 3.53. The molecule has 1 aliphatic rings. The van der Waals surface area contributed by atoms with Gasteiger partial charge >= 0.3 is 5.97 Å². The lowest BCUT2D eigenvalue weighted by Crippen LogP contribution is -2.30. The van der Waals surface area contributed by atoms with Crippen LogP contribution in [0.25, 0.3) is 0 Å². The molecule has 0 radical (unpaired) electrons. The van der Waals surface area contributed by atoms with Gasteiger partial charge < -0.3 is 10.1 Å². The predicted molar refractivity (Wildman–Crippen MR) is 69.3 cm³/mol. The maximum Gasteiger partial charge on any atom is 0.339 e. The Morgan fingerprint density at radius 2 is 2.17 bits per heavy atom. The molecule has 0 aliphatic heterocycles. The fourth-order valence-electron chi connectivity index (χ4n) is 2.32. The summed E-state index contributed by atoms with van der Waals surface area (Å²) in [6.07, 6.45) is 8.12. The fourth-order valence-corrected chi connectivity index (χ4v) is 2.32. The molecule has 0 aromatic carbocycles. The van der Waals surface area contributed by atoms with Crippen molar-refractivity contribution >= 4 is 5.97 Å². The average Bonchev–Trinajstić information content (AvgIpc) is 2.46. The number of esters is 1. The summed E-state index contributed by atoms with van der Waals surface area (Å²) < 4.78 is 4.64. The molecular weight excluding hydrogens is 228 g/mol. The largest absolute Gasteiger partial charge is 0.465 e. The number of rotatable bonds is 4. The van der Waals surface area contributed by atoms with Crippen molar-refractivity contribution < 1.29 is 9.53 Å². The van der Waals surface area contributed by atoms with Crippen molar-refractivity contribution in [2.75, 3.05) is 7.11 Å². The Balaban J connectivity index is 1.84. The molecule has 18 heavy (non-hydrogen) atoms. The standard InChI is InChI=1S/C14H20N2O2/c1-18-14(17)11-7-8-13(15-9-11)10-16-12-5-3-2-4-6-12/h7-9,12,16H,2-6,10H2,1H3. The third-order valence-corrected chi connectivity index (χ3v) is 3.42. The van der Waals surface area contributed by atoms with Crippen LogP contribution in [0.15, 0.2) is 18.3 Å². The van der Waals surface area contributed by atoms with E-state index in [0.717, 1.165) is 12.2 Å². The number of nitrogens with zero attached hydrogens (tertiary/aromatic N) is 1. The van der Waals surface area contributed by atoms with E-state index >= 15 is 0 Å². The molecule has 4 nitrogen and oxygen atoms in total. The van der Waals surface area contributed by atoms with Crippen molar-refractivity contribution in [1.29, 1.82) is 0 Å². The molecule has 1 aromatic heterocycles. The van der Waals surface area contributed by atoms with Gasteiger partial charge in [0.15, 0.2) is 0 Å². The van der Waals surface area contributed by atoms with E-state index in [1.165, 1.54) is 39.2 Å². The fraction of sp³-hybridized carbons (Fsp3) is 0.571. The van der Waals surface area contributed by atoms with Crippen molar-refractivity contribution in [2.24, 2.45) is 0 Å². The first kappa shape index (κ1) is 13.0. The van der Waals surface area contributed by atoms with Crippen LogP contribution < -0.4 is 5.32 Å². The number of nitrogens with one attached hydrogen (secondary N) is 1. The minimum atomic E-state index is -0.339. The van der Waals surface area contributed by atoms with Gasteiger partial charge in [-0.25, -0.2) is 4.79 Å². The highest BCUT2D eigenvalue weighted by Gasteiger charge is 2.12. The summed E-state index contributed by atoms with van der Waals surface area (Å²) in [4.78, 5) is 15.5. The Bertz CT molecular complexity index is 383. The molecule has 4 heteroatoms. The Labute approximate surface area is 108 Å². The van der Waals surface area contributed by atoms with Crippen molar-refractivity contribution in [1.82, 2.24) is 10.3 Å². The highest BCUT2D eigenvalue weighted by atomic mass is 16.5. The van der Waals surface area contributed by atoms with Gasteiger partial charge in [-0.3, -0.25) is 4.98 Å². The molecule has 1 aliphatic carbocycles. The number of methoxy groups -OCH3 is 1. The first-order valence-electron chi connectivity index (χ1n) is 6.56. The molecule has 1 saturated carbocycles. The van der Waals surface area contributed by atoms with E-state index < -0.39 is 0 Å². The molecule has 1 aromatic rings. The van der Waals surface area contributed by atoms with Gasteiger partial charge in [-0.05, 0) is 25.0 Å².